The van der Waals surface area contributed by atoms with Gasteiger partial charge in [0.2, 0.25) is 11.8 Å². The molecule has 0 fully saturated rings. The van der Waals surface area contributed by atoms with Crippen molar-refractivity contribution in [1.82, 2.24) is 15.5 Å². The van der Waals surface area contributed by atoms with Gasteiger partial charge in [0.1, 0.15) is 12.2 Å². The number of nitrogens with one attached hydrogen (secondary N) is 2. The number of carbonyl (C=O) groups excluding carboxylic acids is 2. The Morgan fingerprint density at radius 3 is 2.23 bits per heavy atom. The summed E-state index contributed by atoms with van der Waals surface area (Å²) in [4.78, 5) is 25.2. The SMILES string of the molecule is CN(C)CCCNC(=O)CC(=O)NCCc1ccc(F)cc1. The number of rotatable bonds is 9. The van der Waals surface area contributed by atoms with Crippen LogP contribution in [0.1, 0.15) is 18.4 Å². The Morgan fingerprint density at radius 2 is 1.64 bits per heavy atom. The van der Waals surface area contributed by atoms with Gasteiger partial charge in [-0.05, 0) is 51.2 Å². The van der Waals surface area contributed by atoms with Gasteiger partial charge in [0, 0.05) is 13.1 Å². The van der Waals surface area contributed by atoms with Crippen LogP contribution in [-0.2, 0) is 16.0 Å². The number of carbonyl (C=O) groups is 2. The number of amides is 2. The van der Waals surface area contributed by atoms with E-state index in [1.165, 1.54) is 12.1 Å². The van der Waals surface area contributed by atoms with Gasteiger partial charge in [0.05, 0.1) is 0 Å². The molecule has 122 valence electrons. The quantitative estimate of drug-likeness (QED) is 0.527. The summed E-state index contributed by atoms with van der Waals surface area (Å²) >= 11 is 0. The van der Waals surface area contributed by atoms with Crippen LogP contribution < -0.4 is 10.6 Å². The van der Waals surface area contributed by atoms with Gasteiger partial charge in [-0.3, -0.25) is 9.59 Å². The van der Waals surface area contributed by atoms with Crippen molar-refractivity contribution in [1.29, 1.82) is 0 Å². The van der Waals surface area contributed by atoms with Crippen LogP contribution in [0.4, 0.5) is 4.39 Å². The molecular formula is C16H24FN3O2. The first-order chi connectivity index (χ1) is 10.5. The van der Waals surface area contributed by atoms with Gasteiger partial charge in [-0.1, -0.05) is 12.1 Å². The van der Waals surface area contributed by atoms with E-state index in [0.717, 1.165) is 18.5 Å². The predicted octanol–water partition coefficient (Wildman–Crippen LogP) is 0.942. The highest BCUT2D eigenvalue weighted by Gasteiger charge is 2.08. The highest BCUT2D eigenvalue weighted by atomic mass is 19.1. The van der Waals surface area contributed by atoms with E-state index in [1.807, 2.05) is 19.0 Å². The second kappa shape index (κ2) is 9.89. The van der Waals surface area contributed by atoms with E-state index in [9.17, 15) is 14.0 Å². The van der Waals surface area contributed by atoms with Gasteiger partial charge < -0.3 is 15.5 Å². The van der Waals surface area contributed by atoms with Crippen LogP contribution >= 0.6 is 0 Å². The highest BCUT2D eigenvalue weighted by Crippen LogP contribution is 2.02. The molecule has 0 spiro atoms. The van der Waals surface area contributed by atoms with Gasteiger partial charge in [-0.25, -0.2) is 4.39 Å². The minimum Gasteiger partial charge on any atom is -0.356 e. The van der Waals surface area contributed by atoms with E-state index in [2.05, 4.69) is 10.6 Å². The maximum absolute atomic E-state index is 12.7. The molecule has 0 saturated carbocycles. The third-order valence-electron chi connectivity index (χ3n) is 3.07. The summed E-state index contributed by atoms with van der Waals surface area (Å²) in [5.41, 5.74) is 0.940. The molecule has 0 heterocycles. The molecule has 22 heavy (non-hydrogen) atoms. The van der Waals surface area contributed by atoms with Crippen molar-refractivity contribution in [3.63, 3.8) is 0 Å². The average Bonchev–Trinajstić information content (AvgIpc) is 2.45. The molecule has 1 rings (SSSR count). The van der Waals surface area contributed by atoms with Crippen LogP contribution in [0.5, 0.6) is 0 Å². The first-order valence-corrected chi connectivity index (χ1v) is 7.40. The predicted molar refractivity (Wildman–Crippen MR) is 83.9 cm³/mol. The van der Waals surface area contributed by atoms with Crippen molar-refractivity contribution < 1.29 is 14.0 Å². The largest absolute Gasteiger partial charge is 0.356 e. The van der Waals surface area contributed by atoms with Crippen molar-refractivity contribution in [3.8, 4) is 0 Å². The molecule has 0 aliphatic carbocycles. The lowest BCUT2D eigenvalue weighted by Gasteiger charge is -2.10. The number of halogens is 1. The summed E-state index contributed by atoms with van der Waals surface area (Å²) in [5.74, 6) is -0.844. The molecule has 0 aliphatic rings. The minimum atomic E-state index is -0.299. The van der Waals surface area contributed by atoms with Gasteiger partial charge >= 0.3 is 0 Å². The number of nitrogens with zero attached hydrogens (tertiary/aromatic N) is 1. The summed E-state index contributed by atoms with van der Waals surface area (Å²) in [7, 11) is 3.94. The second-order valence-corrected chi connectivity index (χ2v) is 5.41. The molecule has 0 unspecified atom stereocenters. The molecule has 1 aromatic rings. The maximum Gasteiger partial charge on any atom is 0.229 e. The third-order valence-corrected chi connectivity index (χ3v) is 3.07. The van der Waals surface area contributed by atoms with Gasteiger partial charge in [0.25, 0.3) is 0 Å². The Balaban J connectivity index is 2.12. The summed E-state index contributed by atoms with van der Waals surface area (Å²) in [6.07, 6.45) is 1.30. The van der Waals surface area contributed by atoms with E-state index >= 15 is 0 Å². The number of hydrogen-bond donors (Lipinski definition) is 2. The fourth-order valence-corrected chi connectivity index (χ4v) is 1.89. The molecule has 0 bridgehead atoms. The Kier molecular flexibility index (Phi) is 8.14. The third kappa shape index (κ3) is 8.36. The molecule has 1 aromatic carbocycles. The van der Waals surface area contributed by atoms with Crippen LogP contribution in [0.3, 0.4) is 0 Å². The molecular weight excluding hydrogens is 285 g/mol. The lowest BCUT2D eigenvalue weighted by molar-refractivity contribution is -0.129. The van der Waals surface area contributed by atoms with Gasteiger partial charge in [-0.2, -0.15) is 0 Å². The normalized spacial score (nSPS) is 10.5. The van der Waals surface area contributed by atoms with Crippen LogP contribution in [-0.4, -0.2) is 50.4 Å². The standard InChI is InChI=1S/C16H24FN3O2/c1-20(2)11-3-9-18-15(21)12-16(22)19-10-8-13-4-6-14(17)7-5-13/h4-7H,3,8-12H2,1-2H3,(H,18,21)(H,19,22). The summed E-state index contributed by atoms with van der Waals surface area (Å²) < 4.78 is 12.7. The highest BCUT2D eigenvalue weighted by molar-refractivity contribution is 5.96. The van der Waals surface area contributed by atoms with Gasteiger partial charge in [0.15, 0.2) is 0 Å². The summed E-state index contributed by atoms with van der Waals surface area (Å²) in [5, 5.41) is 5.40. The summed E-state index contributed by atoms with van der Waals surface area (Å²) in [6.45, 7) is 1.89. The monoisotopic (exact) mass is 309 g/mol. The Morgan fingerprint density at radius 1 is 1.05 bits per heavy atom. The lowest BCUT2D eigenvalue weighted by atomic mass is 10.1. The van der Waals surface area contributed by atoms with E-state index in [1.54, 1.807) is 12.1 Å². The molecule has 0 aliphatic heterocycles. The van der Waals surface area contributed by atoms with E-state index in [-0.39, 0.29) is 24.1 Å². The van der Waals surface area contributed by atoms with Crippen molar-refractivity contribution in [2.75, 3.05) is 33.7 Å². The maximum atomic E-state index is 12.7. The Hall–Kier alpha value is -1.95. The second-order valence-electron chi connectivity index (χ2n) is 5.41. The van der Waals surface area contributed by atoms with E-state index < -0.39 is 0 Å². The Labute approximate surface area is 130 Å². The van der Waals surface area contributed by atoms with Gasteiger partial charge in [-0.15, -0.1) is 0 Å². The van der Waals surface area contributed by atoms with E-state index in [0.29, 0.717) is 19.5 Å². The minimum absolute atomic E-state index is 0.161. The van der Waals surface area contributed by atoms with Crippen molar-refractivity contribution in [2.24, 2.45) is 0 Å². The van der Waals surface area contributed by atoms with Crippen LogP contribution in [0, 0.1) is 5.82 Å². The first kappa shape index (κ1) is 18.1. The zero-order valence-corrected chi connectivity index (χ0v) is 13.2. The van der Waals surface area contributed by atoms with Crippen molar-refractivity contribution in [2.45, 2.75) is 19.3 Å². The first-order valence-electron chi connectivity index (χ1n) is 7.40. The number of hydrogen-bond acceptors (Lipinski definition) is 3. The molecule has 0 aromatic heterocycles. The molecule has 0 atom stereocenters. The van der Waals surface area contributed by atoms with Crippen LogP contribution in [0.25, 0.3) is 0 Å². The molecule has 2 N–H and O–H groups in total. The zero-order valence-electron chi connectivity index (χ0n) is 13.2. The zero-order chi connectivity index (χ0) is 16.4. The van der Waals surface area contributed by atoms with Crippen molar-refractivity contribution >= 4 is 11.8 Å². The molecule has 5 nitrogen and oxygen atoms in total. The van der Waals surface area contributed by atoms with Crippen LogP contribution in [0.15, 0.2) is 24.3 Å². The molecule has 0 saturated heterocycles. The van der Waals surface area contributed by atoms with Crippen molar-refractivity contribution in [3.05, 3.63) is 35.6 Å². The Bertz CT molecular complexity index is 475. The van der Waals surface area contributed by atoms with Crippen LogP contribution in [0.2, 0.25) is 0 Å². The number of benzene rings is 1. The fourth-order valence-electron chi connectivity index (χ4n) is 1.89. The smallest absolute Gasteiger partial charge is 0.229 e. The topological polar surface area (TPSA) is 61.4 Å². The lowest BCUT2D eigenvalue weighted by Crippen LogP contribution is -2.33. The average molecular weight is 309 g/mol. The fraction of sp³-hybridized carbons (Fsp3) is 0.500. The molecule has 6 heteroatoms. The summed E-state index contributed by atoms with van der Waals surface area (Å²) in [6, 6.07) is 6.13. The van der Waals surface area contributed by atoms with E-state index in [4.69, 9.17) is 0 Å². The molecule has 2 amide bonds. The molecule has 0 radical (unpaired) electrons.